The first-order valence-corrected chi connectivity index (χ1v) is 14.8. The van der Waals surface area contributed by atoms with Gasteiger partial charge in [0, 0.05) is 19.1 Å². The number of carboxylic acid groups (broad SMARTS) is 1. The molecule has 2 amide bonds. The van der Waals surface area contributed by atoms with Crippen LogP contribution in [-0.4, -0.2) is 53.8 Å². The average molecular weight is 495 g/mol. The number of hydrogen-bond acceptors (Lipinski definition) is 3. The van der Waals surface area contributed by atoms with E-state index >= 15 is 0 Å². The van der Waals surface area contributed by atoms with Crippen molar-refractivity contribution in [3.05, 3.63) is 0 Å². The van der Waals surface area contributed by atoms with Crippen LogP contribution < -0.4 is 5.32 Å². The Hall–Kier alpha value is -1.30. The molecule has 0 aliphatic heterocycles. The lowest BCUT2D eigenvalue weighted by Gasteiger charge is -2.32. The molecule has 2 aliphatic carbocycles. The minimum Gasteiger partial charge on any atom is -0.481 e. The summed E-state index contributed by atoms with van der Waals surface area (Å²) in [4.78, 5) is 26.6. The summed E-state index contributed by atoms with van der Waals surface area (Å²) < 4.78 is 6.29. The van der Waals surface area contributed by atoms with E-state index < -0.39 is 5.97 Å². The van der Waals surface area contributed by atoms with Gasteiger partial charge in [0.15, 0.2) is 0 Å². The second-order valence-electron chi connectivity index (χ2n) is 11.5. The Morgan fingerprint density at radius 2 is 1.71 bits per heavy atom. The van der Waals surface area contributed by atoms with Gasteiger partial charge in [0.25, 0.3) is 0 Å². The molecular weight excluding hydrogens is 440 g/mol. The van der Waals surface area contributed by atoms with Gasteiger partial charge in [0.1, 0.15) is 0 Å². The first-order chi connectivity index (χ1) is 16.9. The Balaban J connectivity index is 1.77. The second kappa shape index (κ2) is 17.2. The lowest BCUT2D eigenvalue weighted by molar-refractivity contribution is -0.143. The summed E-state index contributed by atoms with van der Waals surface area (Å²) in [6, 6.07) is 0.422. The molecule has 0 aromatic rings. The average Bonchev–Trinajstić information content (AvgIpc) is 2.83. The van der Waals surface area contributed by atoms with Crippen molar-refractivity contribution in [3.8, 4) is 0 Å². The molecule has 0 heterocycles. The molecule has 2 aliphatic rings. The molecule has 0 aromatic heterocycles. The van der Waals surface area contributed by atoms with Gasteiger partial charge in [-0.1, -0.05) is 78.6 Å². The highest BCUT2D eigenvalue weighted by Crippen LogP contribution is 2.32. The zero-order valence-corrected chi connectivity index (χ0v) is 22.9. The van der Waals surface area contributed by atoms with Gasteiger partial charge in [-0.2, -0.15) is 0 Å². The number of carboxylic acids is 1. The van der Waals surface area contributed by atoms with Crippen LogP contribution in [0, 0.1) is 17.8 Å². The minimum atomic E-state index is -0.662. The maximum absolute atomic E-state index is 13.0. The summed E-state index contributed by atoms with van der Waals surface area (Å²) in [7, 11) is 0. The van der Waals surface area contributed by atoms with Crippen molar-refractivity contribution in [2.75, 3.05) is 19.7 Å². The van der Waals surface area contributed by atoms with E-state index in [4.69, 9.17) is 4.74 Å². The molecule has 0 aromatic carbocycles. The van der Waals surface area contributed by atoms with Crippen LogP contribution >= 0.6 is 0 Å². The Morgan fingerprint density at radius 3 is 2.40 bits per heavy atom. The molecule has 0 radical (unpaired) electrons. The van der Waals surface area contributed by atoms with Gasteiger partial charge in [-0.3, -0.25) is 4.79 Å². The first kappa shape index (κ1) is 29.9. The third-order valence-corrected chi connectivity index (χ3v) is 8.21. The van der Waals surface area contributed by atoms with Gasteiger partial charge < -0.3 is 20.1 Å². The van der Waals surface area contributed by atoms with Crippen LogP contribution in [0.2, 0.25) is 0 Å². The maximum atomic E-state index is 13.0. The van der Waals surface area contributed by atoms with Crippen LogP contribution in [0.15, 0.2) is 0 Å². The smallest absolute Gasteiger partial charge is 0.317 e. The number of rotatable bonds is 16. The summed E-state index contributed by atoms with van der Waals surface area (Å²) in [5.74, 6) is -0.177. The van der Waals surface area contributed by atoms with Crippen LogP contribution in [0.5, 0.6) is 0 Å². The van der Waals surface area contributed by atoms with Gasteiger partial charge >= 0.3 is 12.0 Å². The summed E-state index contributed by atoms with van der Waals surface area (Å²) in [6.07, 6.45) is 18.3. The largest absolute Gasteiger partial charge is 0.481 e. The minimum absolute atomic E-state index is 0.0888. The second-order valence-corrected chi connectivity index (χ2v) is 11.5. The molecule has 3 atom stereocenters. The van der Waals surface area contributed by atoms with E-state index in [-0.39, 0.29) is 24.0 Å². The Labute approximate surface area is 214 Å². The van der Waals surface area contributed by atoms with E-state index in [0.29, 0.717) is 25.1 Å². The number of carbonyl (C=O) groups excluding carboxylic acids is 1. The molecule has 2 saturated carbocycles. The van der Waals surface area contributed by atoms with Gasteiger partial charge in [-0.25, -0.2) is 4.79 Å². The predicted molar refractivity (Wildman–Crippen MR) is 143 cm³/mol. The van der Waals surface area contributed by atoms with E-state index in [0.717, 1.165) is 57.9 Å². The number of unbranched alkanes of at least 4 members (excludes halogenated alkanes) is 4. The molecule has 0 bridgehead atoms. The highest BCUT2D eigenvalue weighted by Gasteiger charge is 2.27. The molecule has 3 unspecified atom stereocenters. The lowest BCUT2D eigenvalue weighted by Crippen LogP contribution is -2.47. The van der Waals surface area contributed by atoms with Gasteiger partial charge in [-0.05, 0) is 56.8 Å². The third kappa shape index (κ3) is 12.0. The maximum Gasteiger partial charge on any atom is 0.317 e. The van der Waals surface area contributed by atoms with Crippen LogP contribution in [0.3, 0.4) is 0 Å². The van der Waals surface area contributed by atoms with Crippen molar-refractivity contribution in [2.24, 2.45) is 17.8 Å². The number of nitrogens with zero attached hydrogens (tertiary/aromatic N) is 1. The zero-order valence-electron chi connectivity index (χ0n) is 22.9. The van der Waals surface area contributed by atoms with E-state index in [9.17, 15) is 14.7 Å². The number of carbonyl (C=O) groups is 2. The fourth-order valence-corrected chi connectivity index (χ4v) is 5.88. The van der Waals surface area contributed by atoms with Crippen LogP contribution in [0.1, 0.15) is 124 Å². The highest BCUT2D eigenvalue weighted by molar-refractivity contribution is 5.74. The van der Waals surface area contributed by atoms with E-state index in [1.54, 1.807) is 0 Å². The number of urea groups is 1. The molecule has 0 spiro atoms. The van der Waals surface area contributed by atoms with Crippen molar-refractivity contribution in [1.29, 1.82) is 0 Å². The van der Waals surface area contributed by atoms with Crippen LogP contribution in [0.4, 0.5) is 4.79 Å². The molecule has 2 N–H and O–H groups in total. The number of amides is 2. The summed E-state index contributed by atoms with van der Waals surface area (Å²) >= 11 is 0. The quantitative estimate of drug-likeness (QED) is 0.226. The van der Waals surface area contributed by atoms with E-state index in [2.05, 4.69) is 12.2 Å². The van der Waals surface area contributed by atoms with Crippen molar-refractivity contribution in [2.45, 2.75) is 136 Å². The number of ether oxygens (including phenoxy) is 1. The Morgan fingerprint density at radius 1 is 0.971 bits per heavy atom. The fourth-order valence-electron chi connectivity index (χ4n) is 5.88. The summed E-state index contributed by atoms with van der Waals surface area (Å²) in [5.41, 5.74) is 0. The van der Waals surface area contributed by atoms with Crippen molar-refractivity contribution in [1.82, 2.24) is 10.2 Å². The van der Waals surface area contributed by atoms with Gasteiger partial charge in [-0.15, -0.1) is 0 Å². The van der Waals surface area contributed by atoms with E-state index in [1.807, 2.05) is 18.7 Å². The molecule has 6 heteroatoms. The van der Waals surface area contributed by atoms with E-state index in [1.165, 1.54) is 51.4 Å². The number of aliphatic carboxylic acids is 1. The lowest BCUT2D eigenvalue weighted by atomic mass is 9.81. The first-order valence-electron chi connectivity index (χ1n) is 14.8. The number of nitrogens with one attached hydrogen (secondary N) is 1. The zero-order chi connectivity index (χ0) is 25.5. The third-order valence-electron chi connectivity index (χ3n) is 8.21. The monoisotopic (exact) mass is 494 g/mol. The Kier molecular flexibility index (Phi) is 14.7. The SMILES string of the molecule is CCCCCCCN(CCOC1CCCC(CCC(C(=O)O)C(C)C)C1)C(=O)NC1CCCCC1. The van der Waals surface area contributed by atoms with Crippen LogP contribution in [0.25, 0.3) is 0 Å². The van der Waals surface area contributed by atoms with Gasteiger partial charge in [0.2, 0.25) is 0 Å². The van der Waals surface area contributed by atoms with Crippen molar-refractivity contribution in [3.63, 3.8) is 0 Å². The van der Waals surface area contributed by atoms with Crippen molar-refractivity contribution < 1.29 is 19.4 Å². The molecule has 2 fully saturated rings. The summed E-state index contributed by atoms with van der Waals surface area (Å²) in [6.45, 7) is 8.30. The summed E-state index contributed by atoms with van der Waals surface area (Å²) in [5, 5.41) is 12.8. The normalized spacial score (nSPS) is 22.2. The highest BCUT2D eigenvalue weighted by atomic mass is 16.5. The molecule has 6 nitrogen and oxygen atoms in total. The molecule has 204 valence electrons. The van der Waals surface area contributed by atoms with Crippen molar-refractivity contribution >= 4 is 12.0 Å². The Bertz CT molecular complexity index is 591. The van der Waals surface area contributed by atoms with Crippen LogP contribution in [-0.2, 0) is 9.53 Å². The predicted octanol–water partition coefficient (Wildman–Crippen LogP) is 7.01. The molecular formula is C29H54N2O4. The molecule has 0 saturated heterocycles. The fraction of sp³-hybridized carbons (Fsp3) is 0.931. The standard InChI is InChI=1S/C29H54N2O4/c1-4-5-6-7-11-19-31(29(34)30-25-14-9-8-10-15-25)20-21-35-26-16-12-13-24(22-26)17-18-27(23(2)3)28(32)33/h23-27H,4-22H2,1-3H3,(H,30,34)(H,32,33). The van der Waals surface area contributed by atoms with Gasteiger partial charge in [0.05, 0.1) is 18.6 Å². The topological polar surface area (TPSA) is 78.9 Å². The number of hydrogen-bond donors (Lipinski definition) is 2. The molecule has 2 rings (SSSR count). The molecule has 35 heavy (non-hydrogen) atoms.